The molecule has 2 N–H and O–H groups in total. The minimum atomic E-state index is -3.94. The summed E-state index contributed by atoms with van der Waals surface area (Å²) in [5.74, 6) is -0.258. The smallest absolute Gasteiger partial charge is 0.289 e. The number of carbonyl (C=O) groups is 1. The fourth-order valence-electron chi connectivity index (χ4n) is 3.11. The standard InChI is InChI=1S/C17H20N2O4S/c18-24(21,22)16-11-10-15(23-16)17(20)19-12-4-7-14(19)9-8-13-5-2-1-3-6-13/h1-3,5-6,10-11,14H,4,7-9,12H2,(H2,18,21,22)/t14-/m1/s1. The predicted octanol–water partition coefficient (Wildman–Crippen LogP) is 2.16. The first-order valence-corrected chi connectivity index (χ1v) is 9.47. The zero-order chi connectivity index (χ0) is 17.2. The van der Waals surface area contributed by atoms with Crippen LogP contribution in [0.15, 0.2) is 52.0 Å². The monoisotopic (exact) mass is 348 g/mol. The normalized spacial score (nSPS) is 18.0. The molecule has 2 heterocycles. The van der Waals surface area contributed by atoms with Crippen LogP contribution in [-0.2, 0) is 16.4 Å². The van der Waals surface area contributed by atoms with Gasteiger partial charge in [0, 0.05) is 12.6 Å². The molecule has 1 saturated heterocycles. The third-order valence-electron chi connectivity index (χ3n) is 4.32. The molecule has 3 rings (SSSR count). The molecule has 1 aromatic carbocycles. The van der Waals surface area contributed by atoms with E-state index in [4.69, 9.17) is 9.56 Å². The number of primary sulfonamides is 1. The highest BCUT2D eigenvalue weighted by atomic mass is 32.2. The lowest BCUT2D eigenvalue weighted by Crippen LogP contribution is -2.35. The summed E-state index contributed by atoms with van der Waals surface area (Å²) < 4.78 is 27.7. The molecule has 1 aliphatic rings. The van der Waals surface area contributed by atoms with Crippen molar-refractivity contribution in [2.45, 2.75) is 36.8 Å². The Morgan fingerprint density at radius 1 is 1.21 bits per heavy atom. The lowest BCUT2D eigenvalue weighted by molar-refractivity contribution is 0.0692. The molecule has 0 aliphatic carbocycles. The maximum absolute atomic E-state index is 12.6. The van der Waals surface area contributed by atoms with Crippen LogP contribution in [0.3, 0.4) is 0 Å². The summed E-state index contributed by atoms with van der Waals surface area (Å²) >= 11 is 0. The molecule has 0 saturated carbocycles. The Labute approximate surface area is 141 Å². The van der Waals surface area contributed by atoms with Crippen LogP contribution in [-0.4, -0.2) is 31.8 Å². The molecule has 7 heteroatoms. The molecule has 1 aromatic heterocycles. The van der Waals surface area contributed by atoms with Crippen LogP contribution < -0.4 is 5.14 Å². The van der Waals surface area contributed by atoms with Gasteiger partial charge in [0.15, 0.2) is 5.76 Å². The van der Waals surface area contributed by atoms with Crippen molar-refractivity contribution in [3.63, 3.8) is 0 Å². The van der Waals surface area contributed by atoms with Crippen molar-refractivity contribution in [2.24, 2.45) is 5.14 Å². The lowest BCUT2D eigenvalue weighted by Gasteiger charge is -2.23. The van der Waals surface area contributed by atoms with Gasteiger partial charge in [-0.1, -0.05) is 30.3 Å². The Morgan fingerprint density at radius 2 is 1.96 bits per heavy atom. The first kappa shape index (κ1) is 16.7. The fraction of sp³-hybridized carbons (Fsp3) is 0.353. The average Bonchev–Trinajstić information content (AvgIpc) is 3.22. The first-order valence-electron chi connectivity index (χ1n) is 7.92. The third kappa shape index (κ3) is 3.68. The fourth-order valence-corrected chi connectivity index (χ4v) is 3.57. The van der Waals surface area contributed by atoms with E-state index >= 15 is 0 Å². The molecule has 1 fully saturated rings. The number of benzene rings is 1. The Morgan fingerprint density at radius 3 is 2.62 bits per heavy atom. The summed E-state index contributed by atoms with van der Waals surface area (Å²) in [4.78, 5) is 14.4. The number of nitrogens with zero attached hydrogens (tertiary/aromatic N) is 1. The molecule has 0 bridgehead atoms. The van der Waals surface area contributed by atoms with Crippen molar-refractivity contribution >= 4 is 15.9 Å². The van der Waals surface area contributed by atoms with Gasteiger partial charge < -0.3 is 9.32 Å². The summed E-state index contributed by atoms with van der Waals surface area (Å²) in [7, 11) is -3.94. The molecule has 0 spiro atoms. The number of furan rings is 1. The van der Waals surface area contributed by atoms with Crippen molar-refractivity contribution < 1.29 is 17.6 Å². The van der Waals surface area contributed by atoms with Crippen LogP contribution in [0.25, 0.3) is 0 Å². The summed E-state index contributed by atoms with van der Waals surface area (Å²) in [5, 5.41) is 4.63. The van der Waals surface area contributed by atoms with E-state index in [-0.39, 0.29) is 22.8 Å². The van der Waals surface area contributed by atoms with Gasteiger partial charge in [0.05, 0.1) is 0 Å². The maximum Gasteiger partial charge on any atom is 0.289 e. The molecular formula is C17H20N2O4S. The number of hydrogen-bond donors (Lipinski definition) is 1. The highest BCUT2D eigenvalue weighted by Crippen LogP contribution is 2.25. The number of nitrogens with two attached hydrogens (primary N) is 1. The molecule has 128 valence electrons. The van der Waals surface area contributed by atoms with E-state index in [1.54, 1.807) is 4.90 Å². The second-order valence-corrected chi connectivity index (χ2v) is 7.47. The second-order valence-electron chi connectivity index (χ2n) is 5.98. The SMILES string of the molecule is NS(=O)(=O)c1ccc(C(=O)N2CCC[C@@H]2CCc2ccccc2)o1. The highest BCUT2D eigenvalue weighted by molar-refractivity contribution is 7.89. The van der Waals surface area contributed by atoms with Gasteiger partial charge in [-0.15, -0.1) is 0 Å². The van der Waals surface area contributed by atoms with Crippen molar-refractivity contribution in [3.8, 4) is 0 Å². The van der Waals surface area contributed by atoms with E-state index in [0.717, 1.165) is 25.7 Å². The number of likely N-dealkylation sites (tertiary alicyclic amines) is 1. The Hall–Kier alpha value is -2.12. The van der Waals surface area contributed by atoms with Gasteiger partial charge in [-0.3, -0.25) is 4.79 Å². The molecular weight excluding hydrogens is 328 g/mol. The average molecular weight is 348 g/mol. The van der Waals surface area contributed by atoms with Gasteiger partial charge in [0.2, 0.25) is 5.09 Å². The number of rotatable bonds is 5. The number of hydrogen-bond acceptors (Lipinski definition) is 4. The quantitative estimate of drug-likeness (QED) is 0.896. The van der Waals surface area contributed by atoms with E-state index in [9.17, 15) is 13.2 Å². The largest absolute Gasteiger partial charge is 0.438 e. The predicted molar refractivity (Wildman–Crippen MR) is 88.9 cm³/mol. The number of aryl methyl sites for hydroxylation is 1. The molecule has 1 amide bonds. The number of sulfonamides is 1. The van der Waals surface area contributed by atoms with Crippen molar-refractivity contribution in [1.82, 2.24) is 4.90 Å². The van der Waals surface area contributed by atoms with Gasteiger partial charge in [-0.05, 0) is 43.4 Å². The van der Waals surface area contributed by atoms with Crippen LogP contribution in [0.1, 0.15) is 35.4 Å². The van der Waals surface area contributed by atoms with E-state index in [1.165, 1.54) is 17.7 Å². The van der Waals surface area contributed by atoms with Crippen molar-refractivity contribution in [3.05, 3.63) is 53.8 Å². The molecule has 1 aliphatic heterocycles. The van der Waals surface area contributed by atoms with Gasteiger partial charge in [0.1, 0.15) is 0 Å². The van der Waals surface area contributed by atoms with E-state index < -0.39 is 10.0 Å². The minimum absolute atomic E-state index is 0.0191. The minimum Gasteiger partial charge on any atom is -0.438 e. The highest BCUT2D eigenvalue weighted by Gasteiger charge is 2.31. The Balaban J connectivity index is 1.68. The number of carbonyl (C=O) groups excluding carboxylic acids is 1. The molecule has 1 atom stereocenters. The maximum atomic E-state index is 12.6. The van der Waals surface area contributed by atoms with Gasteiger partial charge >= 0.3 is 0 Å². The zero-order valence-corrected chi connectivity index (χ0v) is 14.0. The van der Waals surface area contributed by atoms with Gasteiger partial charge in [-0.25, -0.2) is 13.6 Å². The van der Waals surface area contributed by atoms with Crippen LogP contribution in [0, 0.1) is 0 Å². The molecule has 24 heavy (non-hydrogen) atoms. The van der Waals surface area contributed by atoms with E-state index in [1.807, 2.05) is 18.2 Å². The summed E-state index contributed by atoms with van der Waals surface area (Å²) in [6.45, 7) is 0.656. The van der Waals surface area contributed by atoms with Crippen molar-refractivity contribution in [2.75, 3.05) is 6.54 Å². The molecule has 2 aromatic rings. The Bertz CT molecular complexity index is 814. The Kier molecular flexibility index (Phi) is 4.73. The molecule has 6 nitrogen and oxygen atoms in total. The van der Waals surface area contributed by atoms with Crippen LogP contribution >= 0.6 is 0 Å². The summed E-state index contributed by atoms with van der Waals surface area (Å²) in [6, 6.07) is 12.9. The first-order chi connectivity index (χ1) is 11.4. The van der Waals surface area contributed by atoms with Crippen LogP contribution in [0.4, 0.5) is 0 Å². The topological polar surface area (TPSA) is 93.6 Å². The molecule has 0 radical (unpaired) electrons. The third-order valence-corrected chi connectivity index (χ3v) is 5.10. The van der Waals surface area contributed by atoms with Gasteiger partial charge in [-0.2, -0.15) is 0 Å². The van der Waals surface area contributed by atoms with Crippen LogP contribution in [0.2, 0.25) is 0 Å². The van der Waals surface area contributed by atoms with Gasteiger partial charge in [0.25, 0.3) is 15.9 Å². The summed E-state index contributed by atoms with van der Waals surface area (Å²) in [5.41, 5.74) is 1.24. The number of amides is 1. The molecule has 0 unspecified atom stereocenters. The van der Waals surface area contributed by atoms with Crippen LogP contribution in [0.5, 0.6) is 0 Å². The summed E-state index contributed by atoms with van der Waals surface area (Å²) in [6.07, 6.45) is 3.66. The van der Waals surface area contributed by atoms with E-state index in [0.29, 0.717) is 6.54 Å². The second kappa shape index (κ2) is 6.78. The zero-order valence-electron chi connectivity index (χ0n) is 13.2. The van der Waals surface area contributed by atoms with E-state index in [2.05, 4.69) is 12.1 Å². The lowest BCUT2D eigenvalue weighted by atomic mass is 10.0. The van der Waals surface area contributed by atoms with Crippen molar-refractivity contribution in [1.29, 1.82) is 0 Å².